The third kappa shape index (κ3) is 3.47. The number of likely N-dealkylation sites (tertiary alicyclic amines) is 1. The van der Waals surface area contributed by atoms with Crippen LogP contribution in [-0.2, 0) is 0 Å². The first kappa shape index (κ1) is 16.9. The van der Waals surface area contributed by atoms with Crippen molar-refractivity contribution in [2.45, 2.75) is 31.5 Å². The molecule has 1 aromatic rings. The Labute approximate surface area is 130 Å². The van der Waals surface area contributed by atoms with Crippen molar-refractivity contribution in [1.29, 1.82) is 0 Å². The lowest BCUT2D eigenvalue weighted by Crippen LogP contribution is -2.55. The summed E-state index contributed by atoms with van der Waals surface area (Å²) in [5, 5.41) is 12.7. The summed E-state index contributed by atoms with van der Waals surface area (Å²) < 4.78 is 38.1. The summed E-state index contributed by atoms with van der Waals surface area (Å²) in [5.41, 5.74) is -1.41. The maximum Gasteiger partial charge on any atom is 0.417 e. The minimum atomic E-state index is -4.68. The van der Waals surface area contributed by atoms with Crippen LogP contribution in [0.4, 0.5) is 23.7 Å². The van der Waals surface area contributed by atoms with Crippen molar-refractivity contribution >= 4 is 23.3 Å². The van der Waals surface area contributed by atoms with Crippen LogP contribution in [0.25, 0.3) is 0 Å². The van der Waals surface area contributed by atoms with Gasteiger partial charge in [0.25, 0.3) is 0 Å². The molecule has 22 heavy (non-hydrogen) atoms. The summed E-state index contributed by atoms with van der Waals surface area (Å²) in [5.74, 6) is 0. The summed E-state index contributed by atoms with van der Waals surface area (Å²) in [6.45, 7) is 1.45. The Morgan fingerprint density at radius 3 is 2.45 bits per heavy atom. The zero-order valence-corrected chi connectivity index (χ0v) is 12.6. The SMILES string of the molecule is Cc1cc(Cl)ccc1NC(=O)N1CCC(O)(C(F)(F)F)CC1. The summed E-state index contributed by atoms with van der Waals surface area (Å²) in [6, 6.07) is 4.43. The molecule has 0 unspecified atom stereocenters. The lowest BCUT2D eigenvalue weighted by Gasteiger charge is -2.39. The number of carbonyl (C=O) groups is 1. The Morgan fingerprint density at radius 2 is 1.95 bits per heavy atom. The summed E-state index contributed by atoms with van der Waals surface area (Å²) in [6.07, 6.45) is -5.73. The van der Waals surface area contributed by atoms with Crippen LogP contribution in [0.3, 0.4) is 0 Å². The van der Waals surface area contributed by atoms with Crippen molar-refractivity contribution in [2.24, 2.45) is 0 Å². The van der Waals surface area contributed by atoms with E-state index in [-0.39, 0.29) is 13.1 Å². The van der Waals surface area contributed by atoms with E-state index >= 15 is 0 Å². The van der Waals surface area contributed by atoms with Gasteiger partial charge in [0, 0.05) is 36.6 Å². The molecule has 4 nitrogen and oxygen atoms in total. The van der Waals surface area contributed by atoms with Gasteiger partial charge in [-0.15, -0.1) is 0 Å². The van der Waals surface area contributed by atoms with E-state index in [0.717, 1.165) is 5.56 Å². The fourth-order valence-electron chi connectivity index (χ4n) is 2.32. The van der Waals surface area contributed by atoms with Crippen molar-refractivity contribution in [3.05, 3.63) is 28.8 Å². The van der Waals surface area contributed by atoms with E-state index in [2.05, 4.69) is 5.32 Å². The third-order valence-electron chi connectivity index (χ3n) is 3.84. The van der Waals surface area contributed by atoms with Crippen LogP contribution in [-0.4, -0.2) is 40.9 Å². The van der Waals surface area contributed by atoms with E-state index in [4.69, 9.17) is 11.6 Å². The van der Waals surface area contributed by atoms with Crippen LogP contribution >= 0.6 is 11.6 Å². The summed E-state index contributed by atoms with van der Waals surface area (Å²) in [7, 11) is 0. The monoisotopic (exact) mass is 336 g/mol. The van der Waals surface area contributed by atoms with Crippen LogP contribution in [0, 0.1) is 6.92 Å². The van der Waals surface area contributed by atoms with Crippen molar-refractivity contribution in [3.8, 4) is 0 Å². The number of rotatable bonds is 1. The normalized spacial score (nSPS) is 18.2. The highest BCUT2D eigenvalue weighted by atomic mass is 35.5. The molecule has 1 aromatic carbocycles. The van der Waals surface area contributed by atoms with E-state index in [9.17, 15) is 23.1 Å². The van der Waals surface area contributed by atoms with Gasteiger partial charge in [0.15, 0.2) is 5.60 Å². The standard InChI is InChI=1S/C14H16ClF3N2O2/c1-9-8-10(15)2-3-11(9)19-12(21)20-6-4-13(22,5-7-20)14(16,17)18/h2-3,8,22H,4-7H2,1H3,(H,19,21). The van der Waals surface area contributed by atoms with Gasteiger partial charge in [0.05, 0.1) is 0 Å². The number of aryl methyl sites for hydroxylation is 1. The Bertz CT molecular complexity index is 570. The number of nitrogens with one attached hydrogen (secondary N) is 1. The lowest BCUT2D eigenvalue weighted by molar-refractivity contribution is -0.271. The van der Waals surface area contributed by atoms with Crippen LogP contribution in [0.2, 0.25) is 5.02 Å². The number of anilines is 1. The second kappa shape index (κ2) is 5.96. The number of amides is 2. The predicted molar refractivity (Wildman–Crippen MR) is 77.0 cm³/mol. The van der Waals surface area contributed by atoms with Crippen LogP contribution in [0.15, 0.2) is 18.2 Å². The van der Waals surface area contributed by atoms with Gasteiger partial charge in [-0.25, -0.2) is 4.79 Å². The number of aliphatic hydroxyl groups is 1. The van der Waals surface area contributed by atoms with Gasteiger partial charge < -0.3 is 15.3 Å². The molecule has 0 aliphatic carbocycles. The Kier molecular flexibility index (Phi) is 4.58. The molecule has 0 aromatic heterocycles. The van der Waals surface area contributed by atoms with Gasteiger partial charge in [-0.3, -0.25) is 0 Å². The molecule has 2 amide bonds. The molecule has 0 saturated carbocycles. The minimum absolute atomic E-state index is 0.158. The fraction of sp³-hybridized carbons (Fsp3) is 0.500. The highest BCUT2D eigenvalue weighted by molar-refractivity contribution is 6.30. The molecule has 1 aliphatic heterocycles. The van der Waals surface area contributed by atoms with E-state index in [1.165, 1.54) is 4.90 Å². The number of halogens is 4. The van der Waals surface area contributed by atoms with E-state index < -0.39 is 30.7 Å². The molecule has 0 bridgehead atoms. The molecule has 1 fully saturated rings. The van der Waals surface area contributed by atoms with Crippen molar-refractivity contribution in [2.75, 3.05) is 18.4 Å². The van der Waals surface area contributed by atoms with E-state index in [0.29, 0.717) is 10.7 Å². The van der Waals surface area contributed by atoms with Crippen LogP contribution < -0.4 is 5.32 Å². The molecule has 122 valence electrons. The highest BCUT2D eigenvalue weighted by Gasteiger charge is 2.54. The van der Waals surface area contributed by atoms with E-state index in [1.807, 2.05) is 0 Å². The molecular formula is C14H16ClF3N2O2. The topological polar surface area (TPSA) is 52.6 Å². The maximum atomic E-state index is 12.7. The largest absolute Gasteiger partial charge is 0.417 e. The number of nitrogens with zero attached hydrogens (tertiary/aromatic N) is 1. The van der Waals surface area contributed by atoms with Crippen LogP contribution in [0.1, 0.15) is 18.4 Å². The van der Waals surface area contributed by atoms with Gasteiger partial charge in [-0.2, -0.15) is 13.2 Å². The fourth-order valence-corrected chi connectivity index (χ4v) is 2.55. The lowest BCUT2D eigenvalue weighted by atomic mass is 9.91. The average molecular weight is 337 g/mol. The number of urea groups is 1. The quantitative estimate of drug-likeness (QED) is 0.823. The van der Waals surface area contributed by atoms with Crippen LogP contribution in [0.5, 0.6) is 0 Å². The number of benzene rings is 1. The second-order valence-corrected chi connectivity index (χ2v) is 5.84. The molecule has 0 spiro atoms. The molecular weight excluding hydrogens is 321 g/mol. The number of hydrogen-bond acceptors (Lipinski definition) is 2. The molecule has 0 radical (unpaired) electrons. The number of piperidine rings is 1. The number of carbonyl (C=O) groups excluding carboxylic acids is 1. The molecule has 0 atom stereocenters. The van der Waals surface area contributed by atoms with Gasteiger partial charge >= 0.3 is 12.2 Å². The molecule has 1 aliphatic rings. The molecule has 2 rings (SSSR count). The van der Waals surface area contributed by atoms with Crippen molar-refractivity contribution in [3.63, 3.8) is 0 Å². The van der Waals surface area contributed by atoms with E-state index in [1.54, 1.807) is 25.1 Å². The van der Waals surface area contributed by atoms with Crippen molar-refractivity contribution < 1.29 is 23.1 Å². The Morgan fingerprint density at radius 1 is 1.36 bits per heavy atom. The summed E-state index contributed by atoms with van der Waals surface area (Å²) in [4.78, 5) is 13.3. The molecule has 1 heterocycles. The summed E-state index contributed by atoms with van der Waals surface area (Å²) >= 11 is 5.82. The zero-order chi connectivity index (χ0) is 16.5. The van der Waals surface area contributed by atoms with Gasteiger partial charge in [-0.05, 0) is 30.7 Å². The molecule has 8 heteroatoms. The first-order valence-electron chi connectivity index (χ1n) is 6.73. The van der Waals surface area contributed by atoms with Crippen molar-refractivity contribution in [1.82, 2.24) is 4.90 Å². The molecule has 2 N–H and O–H groups in total. The minimum Gasteiger partial charge on any atom is -0.380 e. The first-order chi connectivity index (χ1) is 10.1. The Balaban J connectivity index is 1.98. The van der Waals surface area contributed by atoms with Gasteiger partial charge in [-0.1, -0.05) is 11.6 Å². The number of hydrogen-bond donors (Lipinski definition) is 2. The average Bonchev–Trinajstić information content (AvgIpc) is 2.41. The second-order valence-electron chi connectivity index (χ2n) is 5.41. The highest BCUT2D eigenvalue weighted by Crippen LogP contribution is 2.38. The van der Waals surface area contributed by atoms with Gasteiger partial charge in [0.2, 0.25) is 0 Å². The third-order valence-corrected chi connectivity index (χ3v) is 4.07. The maximum absolute atomic E-state index is 12.7. The number of alkyl halides is 3. The molecule has 1 saturated heterocycles. The zero-order valence-electron chi connectivity index (χ0n) is 11.9. The Hall–Kier alpha value is -1.47. The van der Waals surface area contributed by atoms with Gasteiger partial charge in [0.1, 0.15) is 0 Å². The predicted octanol–water partition coefficient (Wildman–Crippen LogP) is 3.57. The first-order valence-corrected chi connectivity index (χ1v) is 7.11. The smallest absolute Gasteiger partial charge is 0.380 e.